The van der Waals surface area contributed by atoms with Gasteiger partial charge in [-0.1, -0.05) is 37.5 Å². The monoisotopic (exact) mass is 696 g/mol. The first-order valence-corrected chi connectivity index (χ1v) is 18.8. The highest BCUT2D eigenvalue weighted by Gasteiger charge is 2.31. The summed E-state index contributed by atoms with van der Waals surface area (Å²) in [6.07, 6.45) is 6.78. The van der Waals surface area contributed by atoms with Gasteiger partial charge in [0.1, 0.15) is 11.4 Å². The number of methoxy groups -OCH3 is 1. The third kappa shape index (κ3) is 8.95. The van der Waals surface area contributed by atoms with Gasteiger partial charge in [-0.15, -0.1) is 0 Å². The van der Waals surface area contributed by atoms with Crippen LogP contribution in [-0.2, 0) is 26.2 Å². The number of nitrogens with zero attached hydrogens (tertiary/aromatic N) is 3. The van der Waals surface area contributed by atoms with Gasteiger partial charge >= 0.3 is 22.3 Å². The normalized spacial score (nSPS) is 17.2. The zero-order valence-corrected chi connectivity index (χ0v) is 30.6. The van der Waals surface area contributed by atoms with Crippen LogP contribution in [0.1, 0.15) is 87.6 Å². The molecular weight excluding hydrogens is 644 g/mol. The number of aromatic nitrogens is 1. The molecular formula is C37H52N4O7S. The molecule has 12 heteroatoms. The van der Waals surface area contributed by atoms with Gasteiger partial charge in [-0.3, -0.25) is 0 Å². The van der Waals surface area contributed by atoms with Crippen molar-refractivity contribution in [3.05, 3.63) is 53.6 Å². The molecule has 5 rings (SSSR count). The van der Waals surface area contributed by atoms with E-state index in [9.17, 15) is 18.0 Å². The Labute approximate surface area is 291 Å². The summed E-state index contributed by atoms with van der Waals surface area (Å²) in [5, 5.41) is 1.20. The number of carbonyl (C=O) groups excluding carboxylic acids is 2. The maximum Gasteiger partial charge on any atom is 0.422 e. The van der Waals surface area contributed by atoms with Crippen molar-refractivity contribution in [1.29, 1.82) is 0 Å². The number of likely N-dealkylation sites (N-methyl/N-ethyl adjacent to an activating group) is 2. The van der Waals surface area contributed by atoms with E-state index >= 15 is 0 Å². The van der Waals surface area contributed by atoms with Crippen LogP contribution in [-0.4, -0.2) is 87.3 Å². The summed E-state index contributed by atoms with van der Waals surface area (Å²) in [7, 11) is 0.800. The first-order valence-electron chi connectivity index (χ1n) is 17.4. The first kappa shape index (κ1) is 36.7. The molecule has 0 spiro atoms. The lowest BCUT2D eigenvalue weighted by Gasteiger charge is -2.28. The minimum Gasteiger partial charge on any atom is -0.493 e. The summed E-state index contributed by atoms with van der Waals surface area (Å²) in [5.41, 5.74) is 4.46. The van der Waals surface area contributed by atoms with Gasteiger partial charge in [0.05, 0.1) is 25.0 Å². The predicted octanol–water partition coefficient (Wildman–Crippen LogP) is 6.56. The van der Waals surface area contributed by atoms with E-state index in [0.717, 1.165) is 59.9 Å². The van der Waals surface area contributed by atoms with Gasteiger partial charge in [0.15, 0.2) is 0 Å². The maximum absolute atomic E-state index is 12.7. The third-order valence-corrected chi connectivity index (χ3v) is 11.0. The van der Waals surface area contributed by atoms with E-state index in [1.807, 2.05) is 30.0 Å². The van der Waals surface area contributed by atoms with Crippen LogP contribution in [0.15, 0.2) is 42.5 Å². The molecule has 1 aromatic heterocycles. The number of carbonyl (C=O) groups is 2. The molecule has 2 aliphatic rings. The van der Waals surface area contributed by atoms with Crippen molar-refractivity contribution in [3.8, 4) is 17.0 Å². The first-order chi connectivity index (χ1) is 23.3. The van der Waals surface area contributed by atoms with Gasteiger partial charge in [0.2, 0.25) is 0 Å². The molecule has 1 aliphatic carbocycles. The fourth-order valence-corrected chi connectivity index (χ4v) is 7.79. The van der Waals surface area contributed by atoms with Crippen LogP contribution in [0.25, 0.3) is 22.2 Å². The number of hydrogen-bond acceptors (Lipinski definition) is 8. The van der Waals surface area contributed by atoms with Crippen LogP contribution >= 0.6 is 0 Å². The number of rotatable bonds is 11. The standard InChI is InChI=1S/C37H52N4O7S/c1-37(2,3)48-36(43)38-49(44,45)40(5)22-21-39(4)20-12-13-26-24-41-31-23-28(35(42)46-6)18-19-29(31)33(27-14-8-7-9-15-27)34(41)30-16-10-11-17-32(30)47-25-26/h10-11,16-19,23,26-27H,7-9,12-15,20-22,24-25H2,1-6H3,(H,38,43)/t26-/m1/s1. The topological polar surface area (TPSA) is 119 Å². The second-order valence-electron chi connectivity index (χ2n) is 14.5. The Bertz CT molecular complexity index is 1740. The Morgan fingerprint density at radius 3 is 2.47 bits per heavy atom. The number of nitrogens with one attached hydrogen (secondary N) is 1. The van der Waals surface area contributed by atoms with Crippen LogP contribution in [0, 0.1) is 5.92 Å². The average molecular weight is 697 g/mol. The Kier molecular flexibility index (Phi) is 11.6. The summed E-state index contributed by atoms with van der Waals surface area (Å²) >= 11 is 0. The summed E-state index contributed by atoms with van der Waals surface area (Å²) in [6, 6.07) is 14.3. The molecule has 268 valence electrons. The molecule has 1 atom stereocenters. The lowest BCUT2D eigenvalue weighted by molar-refractivity contribution is 0.0564. The van der Waals surface area contributed by atoms with Crippen molar-refractivity contribution in [3.63, 3.8) is 0 Å². The van der Waals surface area contributed by atoms with Gasteiger partial charge in [-0.25, -0.2) is 14.3 Å². The Morgan fingerprint density at radius 2 is 1.76 bits per heavy atom. The van der Waals surface area contributed by atoms with Crippen molar-refractivity contribution in [2.75, 3.05) is 47.4 Å². The number of benzene rings is 2. The highest BCUT2D eigenvalue weighted by Crippen LogP contribution is 2.47. The second kappa shape index (κ2) is 15.5. The summed E-state index contributed by atoms with van der Waals surface area (Å²) in [4.78, 5) is 26.8. The van der Waals surface area contributed by atoms with Crippen molar-refractivity contribution < 1.29 is 32.2 Å². The molecule has 2 heterocycles. The molecule has 1 amide bonds. The highest BCUT2D eigenvalue weighted by atomic mass is 32.2. The van der Waals surface area contributed by atoms with Crippen LogP contribution in [0.2, 0.25) is 0 Å². The minimum absolute atomic E-state index is 0.207. The second-order valence-corrected chi connectivity index (χ2v) is 16.3. The molecule has 0 radical (unpaired) electrons. The quantitative estimate of drug-likeness (QED) is 0.224. The molecule has 11 nitrogen and oxygen atoms in total. The van der Waals surface area contributed by atoms with Crippen molar-refractivity contribution in [2.45, 2.75) is 83.8 Å². The van der Waals surface area contributed by atoms with E-state index in [0.29, 0.717) is 24.6 Å². The van der Waals surface area contributed by atoms with E-state index in [1.54, 1.807) is 20.8 Å². The lowest BCUT2D eigenvalue weighted by Crippen LogP contribution is -2.45. The lowest BCUT2D eigenvalue weighted by atomic mass is 9.81. The van der Waals surface area contributed by atoms with E-state index in [-0.39, 0.29) is 18.4 Å². The van der Waals surface area contributed by atoms with Gasteiger partial charge < -0.3 is 23.7 Å². The molecule has 0 bridgehead atoms. The number of amides is 1. The number of fused-ring (bicyclic) bond motifs is 5. The number of ether oxygens (including phenoxy) is 3. The SMILES string of the molecule is COC(=O)c1ccc2c(C3CCCCC3)c3n(c2c1)C[C@@H](CCCN(C)CCN(C)S(=O)(=O)NC(=O)OC(C)(C)C)COc1ccccc1-3. The van der Waals surface area contributed by atoms with E-state index in [1.165, 1.54) is 50.1 Å². The fourth-order valence-electron chi connectivity index (χ4n) is 7.06. The van der Waals surface area contributed by atoms with Crippen molar-refractivity contribution in [1.82, 2.24) is 18.5 Å². The van der Waals surface area contributed by atoms with Gasteiger partial charge in [0.25, 0.3) is 0 Å². The largest absolute Gasteiger partial charge is 0.493 e. The molecule has 0 unspecified atom stereocenters. The van der Waals surface area contributed by atoms with Crippen LogP contribution < -0.4 is 9.46 Å². The van der Waals surface area contributed by atoms with Crippen molar-refractivity contribution in [2.24, 2.45) is 5.92 Å². The Morgan fingerprint density at radius 1 is 1.02 bits per heavy atom. The van der Waals surface area contributed by atoms with E-state index in [2.05, 4.69) is 33.7 Å². The number of hydrogen-bond donors (Lipinski definition) is 1. The maximum atomic E-state index is 12.7. The molecule has 1 fully saturated rings. The van der Waals surface area contributed by atoms with Crippen molar-refractivity contribution >= 4 is 33.2 Å². The molecule has 0 saturated heterocycles. The average Bonchev–Trinajstić information content (AvgIpc) is 3.36. The predicted molar refractivity (Wildman–Crippen MR) is 191 cm³/mol. The minimum atomic E-state index is -4.03. The zero-order valence-electron chi connectivity index (χ0n) is 29.8. The molecule has 1 saturated carbocycles. The molecule has 3 aromatic rings. The smallest absolute Gasteiger partial charge is 0.422 e. The fraction of sp³-hybridized carbons (Fsp3) is 0.568. The number of esters is 1. The third-order valence-electron chi connectivity index (χ3n) is 9.57. The Hall–Kier alpha value is -3.61. The summed E-state index contributed by atoms with van der Waals surface area (Å²) in [5.74, 6) is 1.18. The van der Waals surface area contributed by atoms with E-state index < -0.39 is 21.9 Å². The molecule has 1 aliphatic heterocycles. The highest BCUT2D eigenvalue weighted by molar-refractivity contribution is 7.87. The van der Waals surface area contributed by atoms with Gasteiger partial charge in [0, 0.05) is 49.1 Å². The van der Waals surface area contributed by atoms with Crippen LogP contribution in [0.4, 0.5) is 4.79 Å². The summed E-state index contributed by atoms with van der Waals surface area (Å²) < 4.78 is 47.5. The van der Waals surface area contributed by atoms with E-state index in [4.69, 9.17) is 14.2 Å². The molecule has 1 N–H and O–H groups in total. The molecule has 49 heavy (non-hydrogen) atoms. The Balaban J connectivity index is 1.32. The summed E-state index contributed by atoms with van der Waals surface area (Å²) in [6.45, 7) is 7.81. The van der Waals surface area contributed by atoms with Crippen LogP contribution in [0.3, 0.4) is 0 Å². The van der Waals surface area contributed by atoms with Crippen LogP contribution in [0.5, 0.6) is 5.75 Å². The van der Waals surface area contributed by atoms with Gasteiger partial charge in [-0.05, 0) is 95.8 Å². The molecule has 2 aromatic carbocycles. The zero-order chi connectivity index (χ0) is 35.3. The van der Waals surface area contributed by atoms with Gasteiger partial charge in [-0.2, -0.15) is 12.7 Å². The number of para-hydroxylation sites is 1.